The number of aromatic nitrogens is 1. The zero-order valence-corrected chi connectivity index (χ0v) is 10.9. The SMILES string of the molecule is N#Cc1ccc(S(=O)(=O)NCc2cncs2)s1. The van der Waals surface area contributed by atoms with Gasteiger partial charge in [-0.3, -0.25) is 4.98 Å². The van der Waals surface area contributed by atoms with Crippen molar-refractivity contribution in [3.63, 3.8) is 0 Å². The van der Waals surface area contributed by atoms with Gasteiger partial charge in [0.15, 0.2) is 0 Å². The van der Waals surface area contributed by atoms with E-state index in [1.807, 2.05) is 6.07 Å². The number of nitrogens with one attached hydrogen (secondary N) is 1. The van der Waals surface area contributed by atoms with Gasteiger partial charge < -0.3 is 0 Å². The number of rotatable bonds is 4. The molecule has 5 nitrogen and oxygen atoms in total. The van der Waals surface area contributed by atoms with E-state index < -0.39 is 10.0 Å². The zero-order chi connectivity index (χ0) is 12.3. The fourth-order valence-corrected chi connectivity index (χ4v) is 3.87. The normalized spacial score (nSPS) is 11.2. The first-order chi connectivity index (χ1) is 8.12. The number of sulfonamides is 1. The maximum absolute atomic E-state index is 11.8. The number of nitrogens with zero attached hydrogens (tertiary/aromatic N) is 2. The second-order valence-electron chi connectivity index (χ2n) is 3.02. The lowest BCUT2D eigenvalue weighted by molar-refractivity contribution is 0.584. The van der Waals surface area contributed by atoms with Crippen LogP contribution in [0.3, 0.4) is 0 Å². The van der Waals surface area contributed by atoms with Crippen molar-refractivity contribution in [2.45, 2.75) is 10.8 Å². The lowest BCUT2D eigenvalue weighted by Crippen LogP contribution is -2.21. The molecule has 88 valence electrons. The van der Waals surface area contributed by atoms with Gasteiger partial charge in [-0.1, -0.05) is 0 Å². The quantitative estimate of drug-likeness (QED) is 0.924. The Morgan fingerprint density at radius 1 is 1.47 bits per heavy atom. The molecule has 0 saturated heterocycles. The van der Waals surface area contributed by atoms with E-state index in [4.69, 9.17) is 5.26 Å². The summed E-state index contributed by atoms with van der Waals surface area (Å²) in [5, 5.41) is 8.64. The predicted molar refractivity (Wildman–Crippen MR) is 65.2 cm³/mol. The Morgan fingerprint density at radius 2 is 2.29 bits per heavy atom. The molecule has 0 radical (unpaired) electrons. The van der Waals surface area contributed by atoms with Gasteiger partial charge in [0.2, 0.25) is 10.0 Å². The molecule has 0 amide bonds. The first kappa shape index (κ1) is 12.2. The highest BCUT2D eigenvalue weighted by atomic mass is 32.2. The summed E-state index contributed by atoms with van der Waals surface area (Å²) < 4.78 is 26.3. The second kappa shape index (κ2) is 4.93. The van der Waals surface area contributed by atoms with Crippen molar-refractivity contribution in [2.75, 3.05) is 0 Å². The minimum Gasteiger partial charge on any atom is -0.253 e. The van der Waals surface area contributed by atoms with E-state index in [9.17, 15) is 8.42 Å². The standard InChI is InChI=1S/C9H7N3O2S3/c10-3-7-1-2-9(16-7)17(13,14)12-5-8-4-11-6-15-8/h1-2,4,6,12H,5H2. The topological polar surface area (TPSA) is 82.8 Å². The largest absolute Gasteiger partial charge is 0.253 e. The van der Waals surface area contributed by atoms with Gasteiger partial charge in [-0.15, -0.1) is 22.7 Å². The lowest BCUT2D eigenvalue weighted by Gasteiger charge is -2.01. The van der Waals surface area contributed by atoms with E-state index in [1.54, 1.807) is 11.7 Å². The van der Waals surface area contributed by atoms with Gasteiger partial charge in [0.05, 0.1) is 5.51 Å². The molecule has 0 aliphatic rings. The minimum atomic E-state index is -3.53. The molecule has 0 atom stereocenters. The Labute approximate surface area is 106 Å². The summed E-state index contributed by atoms with van der Waals surface area (Å²) in [6, 6.07) is 4.83. The van der Waals surface area contributed by atoms with Crippen LogP contribution in [0, 0.1) is 11.3 Å². The third-order valence-corrected chi connectivity index (χ3v) is 5.54. The number of hydrogen-bond acceptors (Lipinski definition) is 6. The molecule has 0 unspecified atom stereocenters. The maximum atomic E-state index is 11.8. The van der Waals surface area contributed by atoms with E-state index in [0.29, 0.717) is 4.88 Å². The first-order valence-corrected chi connectivity index (χ1v) is 7.67. The van der Waals surface area contributed by atoms with Crippen molar-refractivity contribution in [3.05, 3.63) is 33.6 Å². The molecule has 0 fully saturated rings. The van der Waals surface area contributed by atoms with Gasteiger partial charge in [-0.25, -0.2) is 13.1 Å². The van der Waals surface area contributed by atoms with Crippen molar-refractivity contribution >= 4 is 32.7 Å². The number of thiophene rings is 1. The van der Waals surface area contributed by atoms with Gasteiger partial charge in [0.25, 0.3) is 0 Å². The van der Waals surface area contributed by atoms with Crippen LogP contribution in [0.15, 0.2) is 28.0 Å². The van der Waals surface area contributed by atoms with Crippen LogP contribution in [0.2, 0.25) is 0 Å². The van der Waals surface area contributed by atoms with Crippen molar-refractivity contribution in [1.29, 1.82) is 5.26 Å². The molecule has 2 aromatic heterocycles. The minimum absolute atomic E-state index is 0.151. The van der Waals surface area contributed by atoms with E-state index in [2.05, 4.69) is 9.71 Å². The van der Waals surface area contributed by atoms with Crippen LogP contribution < -0.4 is 4.72 Å². The number of hydrogen-bond donors (Lipinski definition) is 1. The molecule has 2 heterocycles. The average Bonchev–Trinajstić information content (AvgIpc) is 2.98. The van der Waals surface area contributed by atoms with Crippen molar-refractivity contribution in [3.8, 4) is 6.07 Å². The van der Waals surface area contributed by atoms with Crippen molar-refractivity contribution < 1.29 is 8.42 Å². The molecule has 0 bridgehead atoms. The highest BCUT2D eigenvalue weighted by Crippen LogP contribution is 2.20. The summed E-state index contributed by atoms with van der Waals surface area (Å²) in [5.74, 6) is 0. The van der Waals surface area contributed by atoms with Crippen molar-refractivity contribution in [2.24, 2.45) is 0 Å². The third-order valence-electron chi connectivity index (χ3n) is 1.88. The Bertz CT molecular complexity index is 637. The molecule has 0 spiro atoms. The van der Waals surface area contributed by atoms with E-state index in [0.717, 1.165) is 16.2 Å². The van der Waals surface area contributed by atoms with Crippen LogP contribution in [0.1, 0.15) is 9.75 Å². The van der Waals surface area contributed by atoms with Crippen LogP contribution in [0.5, 0.6) is 0 Å². The summed E-state index contributed by atoms with van der Waals surface area (Å²) >= 11 is 2.33. The number of thiazole rings is 1. The monoisotopic (exact) mass is 285 g/mol. The van der Waals surface area contributed by atoms with Gasteiger partial charge in [-0.05, 0) is 12.1 Å². The third kappa shape index (κ3) is 2.89. The van der Waals surface area contributed by atoms with E-state index in [-0.39, 0.29) is 10.8 Å². The molecule has 0 aromatic carbocycles. The molecule has 8 heteroatoms. The van der Waals surface area contributed by atoms with Gasteiger partial charge in [0, 0.05) is 17.6 Å². The first-order valence-electron chi connectivity index (χ1n) is 4.49. The van der Waals surface area contributed by atoms with Crippen LogP contribution >= 0.6 is 22.7 Å². The van der Waals surface area contributed by atoms with Crippen LogP contribution in [0.25, 0.3) is 0 Å². The Kier molecular flexibility index (Phi) is 3.54. The Morgan fingerprint density at radius 3 is 2.88 bits per heavy atom. The fourth-order valence-electron chi connectivity index (χ4n) is 1.09. The molecule has 2 rings (SSSR count). The smallest absolute Gasteiger partial charge is 0.250 e. The Balaban J connectivity index is 2.11. The maximum Gasteiger partial charge on any atom is 0.250 e. The predicted octanol–water partition coefficient (Wildman–Crippen LogP) is 1.55. The van der Waals surface area contributed by atoms with Crippen LogP contribution in [-0.4, -0.2) is 13.4 Å². The molecule has 2 aromatic rings. The van der Waals surface area contributed by atoms with Crippen molar-refractivity contribution in [1.82, 2.24) is 9.71 Å². The molecular weight excluding hydrogens is 278 g/mol. The fraction of sp³-hybridized carbons (Fsp3) is 0.111. The molecule has 17 heavy (non-hydrogen) atoms. The Hall–Kier alpha value is -1.27. The summed E-state index contributed by atoms with van der Waals surface area (Å²) in [7, 11) is -3.53. The highest BCUT2D eigenvalue weighted by molar-refractivity contribution is 7.91. The number of nitriles is 1. The zero-order valence-electron chi connectivity index (χ0n) is 8.45. The molecule has 0 aliphatic carbocycles. The van der Waals surface area contributed by atoms with E-state index in [1.165, 1.54) is 23.5 Å². The molecule has 1 N–H and O–H groups in total. The molecular formula is C9H7N3O2S3. The highest BCUT2D eigenvalue weighted by Gasteiger charge is 2.16. The van der Waals surface area contributed by atoms with E-state index >= 15 is 0 Å². The van der Waals surface area contributed by atoms with Gasteiger partial charge in [0.1, 0.15) is 15.2 Å². The van der Waals surface area contributed by atoms with Gasteiger partial charge in [-0.2, -0.15) is 5.26 Å². The summed E-state index contributed by atoms with van der Waals surface area (Å²) in [4.78, 5) is 5.07. The average molecular weight is 285 g/mol. The van der Waals surface area contributed by atoms with Gasteiger partial charge >= 0.3 is 0 Å². The lowest BCUT2D eigenvalue weighted by atomic mass is 10.5. The van der Waals surface area contributed by atoms with Crippen LogP contribution in [0.4, 0.5) is 0 Å². The second-order valence-corrected chi connectivity index (χ2v) is 7.07. The summed E-state index contributed by atoms with van der Waals surface area (Å²) in [5.41, 5.74) is 1.64. The molecule has 0 saturated carbocycles. The molecule has 0 aliphatic heterocycles. The summed E-state index contributed by atoms with van der Waals surface area (Å²) in [6.45, 7) is 0.215. The van der Waals surface area contributed by atoms with Crippen LogP contribution in [-0.2, 0) is 16.6 Å². The summed E-state index contributed by atoms with van der Waals surface area (Å²) in [6.07, 6.45) is 1.61.